The minimum absolute atomic E-state index is 0.106. The van der Waals surface area contributed by atoms with E-state index in [0.717, 1.165) is 31.6 Å². The highest BCUT2D eigenvalue weighted by Gasteiger charge is 2.58. The van der Waals surface area contributed by atoms with Crippen LogP contribution < -0.4 is 0 Å². The molecule has 0 spiro atoms. The predicted molar refractivity (Wildman–Crippen MR) is 87.3 cm³/mol. The van der Waals surface area contributed by atoms with Gasteiger partial charge in [0.15, 0.2) is 5.78 Å². The molecule has 2 nitrogen and oxygen atoms in total. The molecule has 3 saturated carbocycles. The van der Waals surface area contributed by atoms with Gasteiger partial charge in [0.05, 0.1) is 6.10 Å². The summed E-state index contributed by atoms with van der Waals surface area (Å²) in [6.45, 7) is 6.99. The SMILES string of the molecule is CC1(C)C[C@H](O)[C@@]2(C)CC[C@@H]3[C@@H](CC4=CC(=O)CC[C@H]43)[C@@H]2C1. The average molecular weight is 302 g/mol. The lowest BCUT2D eigenvalue weighted by molar-refractivity contribution is -0.136. The van der Waals surface area contributed by atoms with Crippen molar-refractivity contribution < 1.29 is 9.90 Å². The first-order valence-corrected chi connectivity index (χ1v) is 9.21. The molecule has 4 aliphatic carbocycles. The highest BCUT2D eigenvalue weighted by atomic mass is 16.3. The first-order chi connectivity index (χ1) is 10.3. The molecule has 3 fully saturated rings. The van der Waals surface area contributed by atoms with Gasteiger partial charge in [0.2, 0.25) is 0 Å². The third kappa shape index (κ3) is 2.06. The predicted octanol–water partition coefficient (Wildman–Crippen LogP) is 4.13. The highest BCUT2D eigenvalue weighted by molar-refractivity contribution is 5.91. The second kappa shape index (κ2) is 4.69. The maximum atomic E-state index is 11.8. The maximum absolute atomic E-state index is 11.8. The minimum Gasteiger partial charge on any atom is -0.393 e. The fourth-order valence-corrected chi connectivity index (χ4v) is 6.53. The van der Waals surface area contributed by atoms with E-state index >= 15 is 0 Å². The van der Waals surface area contributed by atoms with Gasteiger partial charge in [-0.2, -0.15) is 0 Å². The van der Waals surface area contributed by atoms with Crippen molar-refractivity contribution in [2.24, 2.45) is 34.5 Å². The summed E-state index contributed by atoms with van der Waals surface area (Å²) in [6.07, 6.45) is 9.42. The number of rotatable bonds is 0. The van der Waals surface area contributed by atoms with Crippen molar-refractivity contribution in [2.45, 2.75) is 71.8 Å². The van der Waals surface area contributed by atoms with Crippen molar-refractivity contribution in [3.8, 4) is 0 Å². The van der Waals surface area contributed by atoms with Gasteiger partial charge in [-0.05, 0) is 79.1 Å². The van der Waals surface area contributed by atoms with Crippen molar-refractivity contribution in [2.75, 3.05) is 0 Å². The third-order valence-electron chi connectivity index (χ3n) is 7.72. The average Bonchev–Trinajstić information content (AvgIpc) is 2.78. The van der Waals surface area contributed by atoms with Crippen molar-refractivity contribution in [1.82, 2.24) is 0 Å². The van der Waals surface area contributed by atoms with Crippen molar-refractivity contribution in [3.63, 3.8) is 0 Å². The lowest BCUT2D eigenvalue weighted by atomic mass is 9.49. The van der Waals surface area contributed by atoms with E-state index in [2.05, 4.69) is 20.8 Å². The Morgan fingerprint density at radius 3 is 2.68 bits per heavy atom. The molecule has 0 aliphatic heterocycles. The molecular weight excluding hydrogens is 272 g/mol. The van der Waals surface area contributed by atoms with Gasteiger partial charge in [0.1, 0.15) is 0 Å². The Hall–Kier alpha value is -0.630. The van der Waals surface area contributed by atoms with Crippen molar-refractivity contribution >= 4 is 5.78 Å². The highest BCUT2D eigenvalue weighted by Crippen LogP contribution is 2.64. The molecule has 0 heterocycles. The van der Waals surface area contributed by atoms with E-state index < -0.39 is 0 Å². The van der Waals surface area contributed by atoms with Gasteiger partial charge in [0.25, 0.3) is 0 Å². The summed E-state index contributed by atoms with van der Waals surface area (Å²) >= 11 is 0. The Morgan fingerprint density at radius 1 is 1.14 bits per heavy atom. The molecule has 0 amide bonds. The first-order valence-electron chi connectivity index (χ1n) is 9.21. The number of aliphatic hydroxyl groups is 1. The lowest BCUT2D eigenvalue weighted by Gasteiger charge is -2.57. The molecule has 4 rings (SSSR count). The first kappa shape index (κ1) is 14.9. The van der Waals surface area contributed by atoms with Gasteiger partial charge in [-0.25, -0.2) is 0 Å². The lowest BCUT2D eigenvalue weighted by Crippen LogP contribution is -2.53. The standard InChI is InChI=1S/C20H30O2/c1-19(2)10-17-16-9-12-8-13(21)4-5-14(12)15(16)6-7-20(17,3)18(22)11-19/h8,14-18,22H,4-7,9-11H2,1-3H3/t14-,15+,16-,17+,18+,20+/m1/s1. The van der Waals surface area contributed by atoms with Crippen LogP contribution >= 0.6 is 0 Å². The fraction of sp³-hybridized carbons (Fsp3) is 0.850. The molecular formula is C20H30O2. The summed E-state index contributed by atoms with van der Waals surface area (Å²) in [6, 6.07) is 0. The monoisotopic (exact) mass is 302 g/mol. The summed E-state index contributed by atoms with van der Waals surface area (Å²) in [4.78, 5) is 11.8. The normalized spacial score (nSPS) is 49.9. The summed E-state index contributed by atoms with van der Waals surface area (Å²) in [5.41, 5.74) is 1.81. The number of allylic oxidation sites excluding steroid dienone is 2. The minimum atomic E-state index is -0.152. The smallest absolute Gasteiger partial charge is 0.155 e. The van der Waals surface area contributed by atoms with E-state index in [0.29, 0.717) is 23.5 Å². The zero-order valence-electron chi connectivity index (χ0n) is 14.3. The molecule has 0 aromatic heterocycles. The molecule has 0 aromatic carbocycles. The van der Waals surface area contributed by atoms with Crippen LogP contribution in [-0.2, 0) is 4.79 Å². The molecule has 4 aliphatic rings. The van der Waals surface area contributed by atoms with Crippen LogP contribution in [0.15, 0.2) is 11.6 Å². The second-order valence-electron chi connectivity index (χ2n) is 9.60. The molecule has 0 saturated heterocycles. The van der Waals surface area contributed by atoms with E-state index in [1.807, 2.05) is 6.08 Å². The summed E-state index contributed by atoms with van der Waals surface area (Å²) in [5.74, 6) is 3.13. The zero-order valence-corrected chi connectivity index (χ0v) is 14.3. The van der Waals surface area contributed by atoms with Crippen LogP contribution in [0.1, 0.15) is 65.7 Å². The number of ketones is 1. The Bertz CT molecular complexity index is 532. The summed E-state index contributed by atoms with van der Waals surface area (Å²) < 4.78 is 0. The molecule has 0 bridgehead atoms. The summed E-state index contributed by atoms with van der Waals surface area (Å²) in [5, 5.41) is 10.9. The van der Waals surface area contributed by atoms with E-state index in [-0.39, 0.29) is 16.9 Å². The molecule has 0 aromatic rings. The maximum Gasteiger partial charge on any atom is 0.155 e. The molecule has 0 radical (unpaired) electrons. The van der Waals surface area contributed by atoms with Gasteiger partial charge in [-0.15, -0.1) is 0 Å². The van der Waals surface area contributed by atoms with Crippen LogP contribution in [-0.4, -0.2) is 17.0 Å². The largest absolute Gasteiger partial charge is 0.393 e. The molecule has 22 heavy (non-hydrogen) atoms. The number of fused-ring (bicyclic) bond motifs is 5. The van der Waals surface area contributed by atoms with Gasteiger partial charge in [0, 0.05) is 6.42 Å². The Labute approximate surface area is 134 Å². The van der Waals surface area contributed by atoms with Crippen LogP contribution in [0.3, 0.4) is 0 Å². The number of hydrogen-bond donors (Lipinski definition) is 1. The van der Waals surface area contributed by atoms with Crippen LogP contribution in [0, 0.1) is 34.5 Å². The van der Waals surface area contributed by atoms with Crippen LogP contribution in [0.2, 0.25) is 0 Å². The second-order valence-corrected chi connectivity index (χ2v) is 9.60. The van der Waals surface area contributed by atoms with Crippen LogP contribution in [0.4, 0.5) is 0 Å². The quantitative estimate of drug-likeness (QED) is 0.730. The number of hydrogen-bond acceptors (Lipinski definition) is 2. The van der Waals surface area contributed by atoms with E-state index in [9.17, 15) is 9.90 Å². The van der Waals surface area contributed by atoms with Gasteiger partial charge in [-0.3, -0.25) is 4.79 Å². The molecule has 122 valence electrons. The van der Waals surface area contributed by atoms with Gasteiger partial charge < -0.3 is 5.11 Å². The van der Waals surface area contributed by atoms with Crippen molar-refractivity contribution in [1.29, 1.82) is 0 Å². The molecule has 1 N–H and O–H groups in total. The molecule has 2 heteroatoms. The van der Waals surface area contributed by atoms with Crippen molar-refractivity contribution in [3.05, 3.63) is 11.6 Å². The van der Waals surface area contributed by atoms with E-state index in [1.54, 1.807) is 0 Å². The van der Waals surface area contributed by atoms with Crippen LogP contribution in [0.5, 0.6) is 0 Å². The molecule has 0 unspecified atom stereocenters. The topological polar surface area (TPSA) is 37.3 Å². The molecule has 6 atom stereocenters. The van der Waals surface area contributed by atoms with E-state index in [1.165, 1.54) is 24.8 Å². The van der Waals surface area contributed by atoms with Crippen LogP contribution in [0.25, 0.3) is 0 Å². The van der Waals surface area contributed by atoms with Gasteiger partial charge >= 0.3 is 0 Å². The number of carbonyl (C=O) groups excluding carboxylic acids is 1. The Kier molecular flexibility index (Phi) is 3.18. The Balaban J connectivity index is 1.68. The number of carbonyl (C=O) groups is 1. The Morgan fingerprint density at radius 2 is 1.91 bits per heavy atom. The fourth-order valence-electron chi connectivity index (χ4n) is 6.53. The van der Waals surface area contributed by atoms with E-state index in [4.69, 9.17) is 0 Å². The summed E-state index contributed by atoms with van der Waals surface area (Å²) in [7, 11) is 0. The zero-order chi connectivity index (χ0) is 15.7. The third-order valence-corrected chi connectivity index (χ3v) is 7.72. The number of aliphatic hydroxyl groups excluding tert-OH is 1. The van der Waals surface area contributed by atoms with Gasteiger partial charge in [-0.1, -0.05) is 26.3 Å².